The van der Waals surface area contributed by atoms with Crippen LogP contribution in [-0.4, -0.2) is 32.2 Å². The topological polar surface area (TPSA) is 77.8 Å². The summed E-state index contributed by atoms with van der Waals surface area (Å²) in [6.07, 6.45) is 15.8. The highest BCUT2D eigenvalue weighted by Gasteiger charge is 2.32. The fraction of sp³-hybridized carbons (Fsp3) is 0.750. The van der Waals surface area contributed by atoms with Crippen molar-refractivity contribution in [2.45, 2.75) is 103 Å². The van der Waals surface area contributed by atoms with Crippen LogP contribution in [0.4, 0.5) is 5.88 Å². The van der Waals surface area contributed by atoms with Gasteiger partial charge in [-0.15, -0.1) is 0 Å². The van der Waals surface area contributed by atoms with Crippen LogP contribution in [0.5, 0.6) is 0 Å². The molecule has 1 N–H and O–H groups in total. The number of carbonyl (C=O) groups is 2. The largest absolute Gasteiger partial charge is 0.465 e. The van der Waals surface area contributed by atoms with Gasteiger partial charge in [-0.1, -0.05) is 71.1 Å². The second kappa shape index (κ2) is 13.3. The van der Waals surface area contributed by atoms with E-state index in [9.17, 15) is 9.59 Å². The number of aryl methyl sites for hydroxylation is 1. The predicted molar refractivity (Wildman–Crippen MR) is 118 cm³/mol. The van der Waals surface area contributed by atoms with Crippen molar-refractivity contribution in [1.82, 2.24) is 0 Å². The van der Waals surface area contributed by atoms with Gasteiger partial charge in [0.2, 0.25) is 5.88 Å². The monoisotopic (exact) mass is 421 g/mol. The molecule has 6 nitrogen and oxygen atoms in total. The fourth-order valence-electron chi connectivity index (χ4n) is 4.22. The van der Waals surface area contributed by atoms with Gasteiger partial charge in [0, 0.05) is 12.5 Å². The van der Waals surface area contributed by atoms with Gasteiger partial charge in [0.05, 0.1) is 14.2 Å². The van der Waals surface area contributed by atoms with Gasteiger partial charge in [-0.2, -0.15) is 0 Å². The Bertz CT molecular complexity index is 661. The molecule has 0 bridgehead atoms. The van der Waals surface area contributed by atoms with Crippen LogP contribution in [0.2, 0.25) is 0 Å². The van der Waals surface area contributed by atoms with Crippen molar-refractivity contribution in [3.63, 3.8) is 0 Å². The van der Waals surface area contributed by atoms with Gasteiger partial charge < -0.3 is 19.2 Å². The van der Waals surface area contributed by atoms with Crippen molar-refractivity contribution in [3.05, 3.63) is 16.9 Å². The number of furan rings is 1. The Morgan fingerprint density at radius 1 is 0.867 bits per heavy atom. The van der Waals surface area contributed by atoms with Gasteiger partial charge in [0.1, 0.15) is 16.9 Å². The lowest BCUT2D eigenvalue weighted by atomic mass is 9.95. The number of esters is 2. The van der Waals surface area contributed by atoms with Crippen molar-refractivity contribution in [2.75, 3.05) is 19.5 Å². The Kier molecular flexibility index (Phi) is 10.8. The normalized spacial score (nSPS) is 14.5. The standard InChI is InChI=1S/C24H39NO5/c1-4-5-6-7-8-9-10-14-17-19-20(23(26)28-2)21(24(27)29-3)22(30-19)25-18-15-12-11-13-16-18/h18,25H,4-17H2,1-3H3. The number of anilines is 1. The molecule has 170 valence electrons. The molecule has 0 aliphatic heterocycles. The van der Waals surface area contributed by atoms with E-state index in [-0.39, 0.29) is 17.2 Å². The lowest BCUT2D eigenvalue weighted by Crippen LogP contribution is -2.23. The van der Waals surface area contributed by atoms with Crippen LogP contribution in [0.3, 0.4) is 0 Å². The number of methoxy groups -OCH3 is 2. The first kappa shape index (κ1) is 24.3. The number of hydrogen-bond donors (Lipinski definition) is 1. The van der Waals surface area contributed by atoms with Crippen molar-refractivity contribution >= 4 is 17.8 Å². The van der Waals surface area contributed by atoms with Gasteiger partial charge in [0.15, 0.2) is 0 Å². The highest BCUT2D eigenvalue weighted by atomic mass is 16.5. The Labute approximate surface area is 181 Å². The summed E-state index contributed by atoms with van der Waals surface area (Å²) in [5.41, 5.74) is 0.384. The van der Waals surface area contributed by atoms with E-state index in [1.807, 2.05) is 0 Å². The second-order valence-electron chi connectivity index (χ2n) is 8.29. The van der Waals surface area contributed by atoms with Crippen LogP contribution in [0.25, 0.3) is 0 Å². The third-order valence-corrected chi connectivity index (χ3v) is 5.96. The van der Waals surface area contributed by atoms with Crippen LogP contribution in [0.15, 0.2) is 4.42 Å². The van der Waals surface area contributed by atoms with Gasteiger partial charge in [0.25, 0.3) is 0 Å². The SMILES string of the molecule is CCCCCCCCCCc1oc(NC2CCCCC2)c(C(=O)OC)c1C(=O)OC. The van der Waals surface area contributed by atoms with E-state index in [0.717, 1.165) is 38.5 Å². The van der Waals surface area contributed by atoms with Crippen molar-refractivity contribution in [2.24, 2.45) is 0 Å². The maximum atomic E-state index is 12.5. The molecule has 1 aliphatic rings. The maximum Gasteiger partial charge on any atom is 0.344 e. The van der Waals surface area contributed by atoms with E-state index < -0.39 is 11.9 Å². The van der Waals surface area contributed by atoms with Gasteiger partial charge in [-0.3, -0.25) is 0 Å². The zero-order valence-corrected chi connectivity index (χ0v) is 19.0. The summed E-state index contributed by atoms with van der Waals surface area (Å²) in [6, 6.07) is 0.245. The van der Waals surface area contributed by atoms with Crippen molar-refractivity contribution in [1.29, 1.82) is 0 Å². The third-order valence-electron chi connectivity index (χ3n) is 5.96. The number of carbonyl (C=O) groups excluding carboxylic acids is 2. The first-order valence-corrected chi connectivity index (χ1v) is 11.7. The molecule has 30 heavy (non-hydrogen) atoms. The zero-order valence-electron chi connectivity index (χ0n) is 19.0. The molecule has 1 aliphatic carbocycles. The first-order valence-electron chi connectivity index (χ1n) is 11.7. The Morgan fingerprint density at radius 3 is 2.03 bits per heavy atom. The summed E-state index contributed by atoms with van der Waals surface area (Å²) >= 11 is 0. The molecule has 1 aromatic heterocycles. The molecule has 6 heteroatoms. The van der Waals surface area contributed by atoms with Crippen LogP contribution >= 0.6 is 0 Å². The van der Waals surface area contributed by atoms with Crippen LogP contribution in [0.1, 0.15) is 117 Å². The molecular formula is C24H39NO5. The predicted octanol–water partition coefficient (Wildman–Crippen LogP) is 6.28. The fourth-order valence-corrected chi connectivity index (χ4v) is 4.22. The quantitative estimate of drug-likeness (QED) is 0.298. The molecule has 0 radical (unpaired) electrons. The molecule has 0 unspecified atom stereocenters. The maximum absolute atomic E-state index is 12.5. The third kappa shape index (κ3) is 7.06. The molecule has 1 fully saturated rings. The van der Waals surface area contributed by atoms with Gasteiger partial charge in [-0.05, 0) is 19.3 Å². The van der Waals surface area contributed by atoms with Crippen LogP contribution in [0, 0.1) is 0 Å². The van der Waals surface area contributed by atoms with E-state index >= 15 is 0 Å². The summed E-state index contributed by atoms with van der Waals surface area (Å²) in [7, 11) is 2.64. The second-order valence-corrected chi connectivity index (χ2v) is 8.29. The summed E-state index contributed by atoms with van der Waals surface area (Å²) in [6.45, 7) is 2.22. The Balaban J connectivity index is 2.08. The number of ether oxygens (including phenoxy) is 2. The molecule has 0 saturated heterocycles. The molecule has 0 aromatic carbocycles. The summed E-state index contributed by atoms with van der Waals surface area (Å²) in [5, 5.41) is 3.36. The molecule has 0 spiro atoms. The molecule has 1 aromatic rings. The molecule has 1 saturated carbocycles. The van der Waals surface area contributed by atoms with Crippen LogP contribution < -0.4 is 5.32 Å². The minimum Gasteiger partial charge on any atom is -0.465 e. The summed E-state index contributed by atoms with van der Waals surface area (Å²) < 4.78 is 16.0. The molecule has 1 heterocycles. The van der Waals surface area contributed by atoms with E-state index in [1.54, 1.807) is 0 Å². The molecule has 0 amide bonds. The highest BCUT2D eigenvalue weighted by molar-refractivity contribution is 6.07. The lowest BCUT2D eigenvalue weighted by Gasteiger charge is -2.22. The van der Waals surface area contributed by atoms with Crippen LogP contribution in [-0.2, 0) is 15.9 Å². The summed E-state index contributed by atoms with van der Waals surface area (Å²) in [5.74, 6) is -0.250. The van der Waals surface area contributed by atoms with Crippen molar-refractivity contribution in [3.8, 4) is 0 Å². The number of rotatable bonds is 13. The number of nitrogens with one attached hydrogen (secondary N) is 1. The van der Waals surface area contributed by atoms with E-state index in [0.29, 0.717) is 18.1 Å². The first-order chi connectivity index (χ1) is 14.6. The smallest absolute Gasteiger partial charge is 0.344 e. The average molecular weight is 422 g/mol. The number of hydrogen-bond acceptors (Lipinski definition) is 6. The molecular weight excluding hydrogens is 382 g/mol. The average Bonchev–Trinajstić information content (AvgIpc) is 3.13. The van der Waals surface area contributed by atoms with E-state index in [2.05, 4.69) is 12.2 Å². The van der Waals surface area contributed by atoms with E-state index in [4.69, 9.17) is 13.9 Å². The van der Waals surface area contributed by atoms with E-state index in [1.165, 1.54) is 59.2 Å². The zero-order chi connectivity index (χ0) is 21.8. The Morgan fingerprint density at radius 2 is 1.43 bits per heavy atom. The minimum absolute atomic E-state index is 0.171. The minimum atomic E-state index is -0.570. The summed E-state index contributed by atoms with van der Waals surface area (Å²) in [4.78, 5) is 25.0. The van der Waals surface area contributed by atoms with Gasteiger partial charge >= 0.3 is 11.9 Å². The van der Waals surface area contributed by atoms with Gasteiger partial charge in [-0.25, -0.2) is 9.59 Å². The number of unbranched alkanes of at least 4 members (excludes halogenated alkanes) is 7. The molecule has 2 rings (SSSR count). The molecule has 0 atom stereocenters. The van der Waals surface area contributed by atoms with Crippen molar-refractivity contribution < 1.29 is 23.5 Å². The Hall–Kier alpha value is -1.98. The lowest BCUT2D eigenvalue weighted by molar-refractivity contribution is 0.0556. The highest BCUT2D eigenvalue weighted by Crippen LogP contribution is 2.33.